The van der Waals surface area contributed by atoms with Crippen molar-refractivity contribution in [3.63, 3.8) is 0 Å². The van der Waals surface area contributed by atoms with Gasteiger partial charge in [0.2, 0.25) is 5.91 Å². The van der Waals surface area contributed by atoms with E-state index < -0.39 is 11.7 Å². The molecule has 226 valence electrons. The Kier molecular flexibility index (Phi) is 7.45. The number of aromatic nitrogens is 4. The van der Waals surface area contributed by atoms with Crippen LogP contribution >= 0.6 is 11.6 Å². The molecule has 2 aromatic carbocycles. The largest absolute Gasteiger partial charge is 0.462 e. The molecule has 43 heavy (non-hydrogen) atoms. The molecule has 0 spiro atoms. The Bertz CT molecular complexity index is 1740. The summed E-state index contributed by atoms with van der Waals surface area (Å²) in [6.45, 7) is 9.76. The number of anilines is 1. The third-order valence-electron chi connectivity index (χ3n) is 8.18. The van der Waals surface area contributed by atoms with E-state index in [1.54, 1.807) is 22.1 Å². The molecule has 1 amide bonds. The summed E-state index contributed by atoms with van der Waals surface area (Å²) in [6.07, 6.45) is 2.95. The van der Waals surface area contributed by atoms with Crippen molar-refractivity contribution in [3.05, 3.63) is 53.5 Å². The zero-order chi connectivity index (χ0) is 30.6. The number of aryl methyl sites for hydroxylation is 1. The number of benzene rings is 2. The number of likely N-dealkylation sites (tertiary alicyclic amines) is 1. The van der Waals surface area contributed by atoms with Crippen molar-refractivity contribution in [1.82, 2.24) is 30.0 Å². The number of ether oxygens (including phenoxy) is 1. The van der Waals surface area contributed by atoms with Crippen molar-refractivity contribution in [2.45, 2.75) is 38.8 Å². The summed E-state index contributed by atoms with van der Waals surface area (Å²) < 4.78 is 49.1. The molecule has 0 unspecified atom stereocenters. The van der Waals surface area contributed by atoms with Crippen LogP contribution in [0.15, 0.2) is 37.1 Å². The second kappa shape index (κ2) is 11.0. The molecule has 13 heteroatoms. The van der Waals surface area contributed by atoms with E-state index in [0.717, 1.165) is 10.9 Å². The SMILES string of the molecule is C=CC(=O)N1C[C@H](C)N(c2nc(OCCN3CC(F)(F)C3)nc3c(F)c(-c4c(C)ccc5cn[nH]c45)c(Cl)cc23)C[C@H]1C. The van der Waals surface area contributed by atoms with E-state index >= 15 is 4.39 Å². The van der Waals surface area contributed by atoms with Gasteiger partial charge >= 0.3 is 6.01 Å². The number of alkyl halides is 2. The summed E-state index contributed by atoms with van der Waals surface area (Å²) in [6, 6.07) is 4.96. The maximum atomic E-state index is 16.7. The number of carbonyl (C=O) groups excluding carboxylic acids is 1. The van der Waals surface area contributed by atoms with Crippen molar-refractivity contribution < 1.29 is 22.7 Å². The van der Waals surface area contributed by atoms with Crippen molar-refractivity contribution in [1.29, 1.82) is 0 Å². The topological polar surface area (TPSA) is 90.5 Å². The highest BCUT2D eigenvalue weighted by molar-refractivity contribution is 6.35. The van der Waals surface area contributed by atoms with Gasteiger partial charge in [-0.15, -0.1) is 0 Å². The number of halogens is 4. The summed E-state index contributed by atoms with van der Waals surface area (Å²) in [5.74, 6) is -3.11. The van der Waals surface area contributed by atoms with E-state index in [1.807, 2.05) is 37.8 Å². The van der Waals surface area contributed by atoms with Crippen LogP contribution in [-0.4, -0.2) is 93.2 Å². The molecule has 0 bridgehead atoms. The van der Waals surface area contributed by atoms with Crippen molar-refractivity contribution >= 4 is 45.1 Å². The minimum Gasteiger partial charge on any atom is -0.462 e. The van der Waals surface area contributed by atoms with Crippen LogP contribution in [0.5, 0.6) is 6.01 Å². The molecule has 0 saturated carbocycles. The van der Waals surface area contributed by atoms with Crippen LogP contribution in [-0.2, 0) is 4.79 Å². The number of rotatable bonds is 7. The van der Waals surface area contributed by atoms with Crippen LogP contribution in [0, 0.1) is 12.7 Å². The Labute approximate surface area is 251 Å². The van der Waals surface area contributed by atoms with Gasteiger partial charge in [-0.3, -0.25) is 14.8 Å². The molecule has 2 aliphatic rings. The molecule has 4 aromatic rings. The van der Waals surface area contributed by atoms with Gasteiger partial charge < -0.3 is 14.5 Å². The zero-order valence-electron chi connectivity index (χ0n) is 24.0. The minimum atomic E-state index is -2.69. The maximum absolute atomic E-state index is 16.7. The number of nitrogens with zero attached hydrogens (tertiary/aromatic N) is 6. The fourth-order valence-corrected chi connectivity index (χ4v) is 6.28. The zero-order valence-corrected chi connectivity index (χ0v) is 24.8. The summed E-state index contributed by atoms with van der Waals surface area (Å²) >= 11 is 6.84. The number of piperazine rings is 1. The molecule has 9 nitrogen and oxygen atoms in total. The summed E-state index contributed by atoms with van der Waals surface area (Å²) in [4.78, 5) is 26.9. The highest BCUT2D eigenvalue weighted by Gasteiger charge is 2.43. The van der Waals surface area contributed by atoms with Crippen LogP contribution in [0.2, 0.25) is 5.02 Å². The lowest BCUT2D eigenvalue weighted by molar-refractivity contribution is -0.132. The third-order valence-corrected chi connectivity index (χ3v) is 8.48. The Morgan fingerprint density at radius 1 is 1.21 bits per heavy atom. The number of H-pyrrole nitrogens is 1. The maximum Gasteiger partial charge on any atom is 0.319 e. The number of hydrogen-bond acceptors (Lipinski definition) is 7. The number of fused-ring (bicyclic) bond motifs is 2. The van der Waals surface area contributed by atoms with Gasteiger partial charge in [-0.25, -0.2) is 13.2 Å². The lowest BCUT2D eigenvalue weighted by Gasteiger charge is -2.44. The Balaban J connectivity index is 1.45. The molecule has 1 N–H and O–H groups in total. The van der Waals surface area contributed by atoms with Gasteiger partial charge in [-0.1, -0.05) is 30.3 Å². The third kappa shape index (κ3) is 5.27. The first-order chi connectivity index (χ1) is 20.5. The Morgan fingerprint density at radius 3 is 2.70 bits per heavy atom. The van der Waals surface area contributed by atoms with Crippen molar-refractivity contribution in [2.24, 2.45) is 0 Å². The van der Waals surface area contributed by atoms with Gasteiger partial charge in [0.25, 0.3) is 5.92 Å². The second-order valence-electron chi connectivity index (χ2n) is 11.3. The molecular weight excluding hydrogens is 583 g/mol. The number of nitrogens with one attached hydrogen (secondary N) is 1. The minimum absolute atomic E-state index is 0.00949. The van der Waals surface area contributed by atoms with Gasteiger partial charge in [0.15, 0.2) is 5.82 Å². The molecule has 2 aliphatic heterocycles. The Morgan fingerprint density at radius 2 is 1.98 bits per heavy atom. The Hall–Kier alpha value is -3.90. The first kappa shape index (κ1) is 29.2. The van der Waals surface area contributed by atoms with Crippen molar-refractivity contribution in [3.8, 4) is 17.1 Å². The lowest BCUT2D eigenvalue weighted by atomic mass is 9.96. The van der Waals surface area contributed by atoms with Crippen molar-refractivity contribution in [2.75, 3.05) is 44.2 Å². The predicted molar refractivity (Wildman–Crippen MR) is 159 cm³/mol. The molecule has 0 radical (unpaired) electrons. The van der Waals surface area contributed by atoms with E-state index in [-0.39, 0.29) is 66.3 Å². The van der Waals surface area contributed by atoms with E-state index in [1.165, 1.54) is 6.08 Å². The van der Waals surface area contributed by atoms with E-state index in [4.69, 9.17) is 16.3 Å². The van der Waals surface area contributed by atoms with E-state index in [2.05, 4.69) is 26.7 Å². The van der Waals surface area contributed by atoms with Crippen LogP contribution in [0.4, 0.5) is 19.0 Å². The highest BCUT2D eigenvalue weighted by atomic mass is 35.5. The summed E-state index contributed by atoms with van der Waals surface area (Å²) in [5.41, 5.74) is 2.18. The monoisotopic (exact) mass is 613 g/mol. The summed E-state index contributed by atoms with van der Waals surface area (Å²) in [5, 5.41) is 8.43. The smallest absolute Gasteiger partial charge is 0.319 e. The second-order valence-corrected chi connectivity index (χ2v) is 11.7. The van der Waals surface area contributed by atoms with Gasteiger partial charge in [0, 0.05) is 53.6 Å². The normalized spacial score (nSPS) is 20.4. The number of amides is 1. The van der Waals surface area contributed by atoms with Gasteiger partial charge in [-0.05, 0) is 38.5 Å². The first-order valence-electron chi connectivity index (χ1n) is 14.0. The molecule has 2 aromatic heterocycles. The van der Waals surface area contributed by atoms with Gasteiger partial charge in [-0.2, -0.15) is 15.1 Å². The molecular formula is C30H31ClF3N7O2. The summed E-state index contributed by atoms with van der Waals surface area (Å²) in [7, 11) is 0. The average molecular weight is 614 g/mol. The fourth-order valence-electron chi connectivity index (χ4n) is 5.99. The van der Waals surface area contributed by atoms with Gasteiger partial charge in [0.1, 0.15) is 17.9 Å². The quantitative estimate of drug-likeness (QED) is 0.286. The molecule has 2 atom stereocenters. The average Bonchev–Trinajstić information content (AvgIpc) is 3.43. The van der Waals surface area contributed by atoms with E-state index in [0.29, 0.717) is 35.4 Å². The first-order valence-corrected chi connectivity index (χ1v) is 14.4. The van der Waals surface area contributed by atoms with Crippen LogP contribution in [0.1, 0.15) is 19.4 Å². The van der Waals surface area contributed by atoms with Gasteiger partial charge in [0.05, 0.1) is 29.8 Å². The molecule has 0 aliphatic carbocycles. The van der Waals surface area contributed by atoms with Crippen LogP contribution in [0.3, 0.4) is 0 Å². The molecule has 4 heterocycles. The molecule has 2 saturated heterocycles. The lowest BCUT2D eigenvalue weighted by Crippen LogP contribution is -2.58. The van der Waals surface area contributed by atoms with Crippen LogP contribution < -0.4 is 9.64 Å². The fraction of sp³-hybridized carbons (Fsp3) is 0.400. The highest BCUT2D eigenvalue weighted by Crippen LogP contribution is 2.42. The number of hydrogen-bond donors (Lipinski definition) is 1. The standard InChI is InChI=1S/C30H31ClF3N7O2/c1-5-22(42)40-12-18(4)41(13-17(40)3)28-20-10-21(31)24(23-16(2)6-7-19-11-35-38-26(19)23)25(32)27(20)36-29(37-28)43-9-8-39-14-30(33,34)15-39/h5-7,10-11,17-18H,1,8-9,12-15H2,2-4H3,(H,35,38)/t17-,18+/m1/s1. The van der Waals surface area contributed by atoms with E-state index in [9.17, 15) is 13.6 Å². The number of carbonyl (C=O) groups is 1. The predicted octanol–water partition coefficient (Wildman–Crippen LogP) is 5.22. The molecule has 6 rings (SSSR count). The van der Waals surface area contributed by atoms with Crippen LogP contribution in [0.25, 0.3) is 32.9 Å². The molecule has 2 fully saturated rings. The number of aromatic amines is 1.